The molecule has 0 saturated carbocycles. The van der Waals surface area contributed by atoms with E-state index in [1.807, 2.05) is 6.07 Å². The van der Waals surface area contributed by atoms with Crippen LogP contribution in [-0.4, -0.2) is 40.3 Å². The summed E-state index contributed by atoms with van der Waals surface area (Å²) in [4.78, 5) is 13.7. The number of benzene rings is 1. The molecule has 7 heteroatoms. The summed E-state index contributed by atoms with van der Waals surface area (Å²) in [7, 11) is -1.84. The Morgan fingerprint density at radius 2 is 2.19 bits per heavy atom. The van der Waals surface area contributed by atoms with Gasteiger partial charge in [-0.15, -0.1) is 0 Å². The van der Waals surface area contributed by atoms with E-state index in [1.165, 1.54) is 7.11 Å². The number of hydrogen-bond acceptors (Lipinski definition) is 4. The molecule has 1 aromatic carbocycles. The van der Waals surface area contributed by atoms with Gasteiger partial charge in [-0.1, -0.05) is 6.07 Å². The van der Waals surface area contributed by atoms with Crippen LogP contribution in [0.25, 0.3) is 0 Å². The van der Waals surface area contributed by atoms with Gasteiger partial charge in [0.25, 0.3) is 5.91 Å². The molecule has 1 aliphatic rings. The van der Waals surface area contributed by atoms with Crippen LogP contribution in [0.5, 0.6) is 0 Å². The summed E-state index contributed by atoms with van der Waals surface area (Å²) in [6, 6.07) is 5.32. The first-order valence-electron chi connectivity index (χ1n) is 6.89. The number of fused-ring (bicyclic) bond motifs is 1. The third-order valence-corrected chi connectivity index (χ3v) is 4.73. The van der Waals surface area contributed by atoms with Gasteiger partial charge in [-0.05, 0) is 37.5 Å². The second kappa shape index (κ2) is 6.44. The van der Waals surface area contributed by atoms with Crippen LogP contribution < -0.4 is 9.62 Å². The number of hydrogen-bond donors (Lipinski definition) is 1. The molecule has 0 radical (unpaired) electrons. The van der Waals surface area contributed by atoms with E-state index in [-0.39, 0.29) is 18.3 Å². The van der Waals surface area contributed by atoms with Crippen molar-refractivity contribution in [1.82, 2.24) is 0 Å². The standard InChI is InChI=1S/C14H20N2O4S/c1-3-21(18,19)15-12-7-6-11-5-4-8-16(13(11)9-12)14(17)10-20-2/h6-7,9,15H,3-5,8,10H2,1-2H3. The van der Waals surface area contributed by atoms with E-state index < -0.39 is 10.0 Å². The van der Waals surface area contributed by atoms with Crippen molar-refractivity contribution in [2.45, 2.75) is 19.8 Å². The van der Waals surface area contributed by atoms with Gasteiger partial charge in [0.05, 0.1) is 11.4 Å². The van der Waals surface area contributed by atoms with Crippen molar-refractivity contribution in [2.24, 2.45) is 0 Å². The number of nitrogens with zero attached hydrogens (tertiary/aromatic N) is 1. The van der Waals surface area contributed by atoms with E-state index in [2.05, 4.69) is 4.72 Å². The topological polar surface area (TPSA) is 75.7 Å². The van der Waals surface area contributed by atoms with Crippen molar-refractivity contribution in [2.75, 3.05) is 35.6 Å². The Balaban J connectivity index is 2.31. The van der Waals surface area contributed by atoms with E-state index in [9.17, 15) is 13.2 Å². The quantitative estimate of drug-likeness (QED) is 0.891. The fraction of sp³-hybridized carbons (Fsp3) is 0.500. The number of nitrogens with one attached hydrogen (secondary N) is 1. The molecule has 1 aromatic rings. The Labute approximate surface area is 125 Å². The highest BCUT2D eigenvalue weighted by atomic mass is 32.2. The second-order valence-corrected chi connectivity index (χ2v) is 6.94. The van der Waals surface area contributed by atoms with Gasteiger partial charge in [-0.2, -0.15) is 0 Å². The molecule has 0 spiro atoms. The first-order valence-corrected chi connectivity index (χ1v) is 8.55. The fourth-order valence-corrected chi connectivity index (χ4v) is 2.98. The Morgan fingerprint density at radius 3 is 2.86 bits per heavy atom. The second-order valence-electron chi connectivity index (χ2n) is 4.93. The molecule has 1 heterocycles. The van der Waals surface area contributed by atoms with E-state index in [0.29, 0.717) is 12.2 Å². The molecule has 21 heavy (non-hydrogen) atoms. The average Bonchev–Trinajstić information content (AvgIpc) is 2.46. The highest BCUT2D eigenvalue weighted by Crippen LogP contribution is 2.30. The molecule has 0 fully saturated rings. The van der Waals surface area contributed by atoms with E-state index in [0.717, 1.165) is 24.1 Å². The Morgan fingerprint density at radius 1 is 1.43 bits per heavy atom. The van der Waals surface area contributed by atoms with Gasteiger partial charge in [0.15, 0.2) is 0 Å². The minimum atomic E-state index is -3.33. The SMILES string of the molecule is CCS(=O)(=O)Nc1ccc2c(c1)N(C(=O)COC)CCC2. The van der Waals surface area contributed by atoms with Crippen LogP contribution >= 0.6 is 0 Å². The fourth-order valence-electron chi connectivity index (χ4n) is 2.35. The first kappa shape index (κ1) is 15.8. The molecule has 1 amide bonds. The lowest BCUT2D eigenvalue weighted by Gasteiger charge is -2.30. The number of carbonyl (C=O) groups excluding carboxylic acids is 1. The lowest BCUT2D eigenvalue weighted by molar-refractivity contribution is -0.122. The lowest BCUT2D eigenvalue weighted by atomic mass is 10.0. The lowest BCUT2D eigenvalue weighted by Crippen LogP contribution is -2.37. The number of sulfonamides is 1. The molecule has 0 aromatic heterocycles. The monoisotopic (exact) mass is 312 g/mol. The summed E-state index contributed by atoms with van der Waals surface area (Å²) in [5, 5.41) is 0. The van der Waals surface area contributed by atoms with Crippen molar-refractivity contribution in [3.8, 4) is 0 Å². The van der Waals surface area contributed by atoms with Gasteiger partial charge < -0.3 is 9.64 Å². The van der Waals surface area contributed by atoms with Crippen LogP contribution in [0, 0.1) is 0 Å². The van der Waals surface area contributed by atoms with Crippen LogP contribution in [0.4, 0.5) is 11.4 Å². The number of methoxy groups -OCH3 is 1. The molecule has 6 nitrogen and oxygen atoms in total. The van der Waals surface area contributed by atoms with Crippen LogP contribution in [0.15, 0.2) is 18.2 Å². The van der Waals surface area contributed by atoms with Crippen molar-refractivity contribution in [3.63, 3.8) is 0 Å². The summed E-state index contributed by atoms with van der Waals surface area (Å²) < 4.78 is 30.7. The molecule has 0 aliphatic carbocycles. The minimum absolute atomic E-state index is 0.0103. The Hall–Kier alpha value is -1.60. The van der Waals surface area contributed by atoms with E-state index in [4.69, 9.17) is 4.74 Å². The van der Waals surface area contributed by atoms with Crippen LogP contribution in [0.1, 0.15) is 18.9 Å². The van der Waals surface area contributed by atoms with Gasteiger partial charge in [0.1, 0.15) is 6.61 Å². The molecule has 0 saturated heterocycles. The summed E-state index contributed by atoms with van der Waals surface area (Å²) in [6.45, 7) is 2.22. The van der Waals surface area contributed by atoms with Crippen molar-refractivity contribution >= 4 is 27.3 Å². The molecule has 0 bridgehead atoms. The zero-order chi connectivity index (χ0) is 15.5. The summed E-state index contributed by atoms with van der Waals surface area (Å²) in [5.41, 5.74) is 2.29. The Bertz CT molecular complexity index is 628. The van der Waals surface area contributed by atoms with Gasteiger partial charge >= 0.3 is 0 Å². The Kier molecular flexibility index (Phi) is 4.84. The van der Waals surface area contributed by atoms with Crippen LogP contribution in [0.2, 0.25) is 0 Å². The number of ether oxygens (including phenoxy) is 1. The van der Waals surface area contributed by atoms with E-state index in [1.54, 1.807) is 24.0 Å². The number of aryl methyl sites for hydroxylation is 1. The number of rotatable bonds is 5. The van der Waals surface area contributed by atoms with Gasteiger partial charge in [0.2, 0.25) is 10.0 Å². The van der Waals surface area contributed by atoms with Crippen molar-refractivity contribution in [3.05, 3.63) is 23.8 Å². The molecule has 116 valence electrons. The minimum Gasteiger partial charge on any atom is -0.375 e. The average molecular weight is 312 g/mol. The largest absolute Gasteiger partial charge is 0.375 e. The number of carbonyl (C=O) groups is 1. The van der Waals surface area contributed by atoms with Gasteiger partial charge in [0, 0.05) is 19.3 Å². The molecular weight excluding hydrogens is 292 g/mol. The van der Waals surface area contributed by atoms with Gasteiger partial charge in [-0.3, -0.25) is 9.52 Å². The zero-order valence-electron chi connectivity index (χ0n) is 12.3. The molecular formula is C14H20N2O4S. The predicted molar refractivity (Wildman–Crippen MR) is 82.1 cm³/mol. The predicted octanol–water partition coefficient (Wildman–Crippen LogP) is 1.37. The molecule has 1 aliphatic heterocycles. The van der Waals surface area contributed by atoms with Gasteiger partial charge in [-0.25, -0.2) is 8.42 Å². The number of amides is 1. The summed E-state index contributed by atoms with van der Waals surface area (Å²) in [6.07, 6.45) is 1.77. The first-order chi connectivity index (χ1) is 9.96. The summed E-state index contributed by atoms with van der Waals surface area (Å²) >= 11 is 0. The molecule has 0 atom stereocenters. The van der Waals surface area contributed by atoms with Crippen molar-refractivity contribution < 1.29 is 17.9 Å². The normalized spacial score (nSPS) is 14.7. The van der Waals surface area contributed by atoms with E-state index >= 15 is 0 Å². The van der Waals surface area contributed by atoms with Crippen molar-refractivity contribution in [1.29, 1.82) is 0 Å². The van der Waals surface area contributed by atoms with Crippen LogP contribution in [0.3, 0.4) is 0 Å². The molecule has 1 N–H and O–H groups in total. The van der Waals surface area contributed by atoms with Crippen LogP contribution in [-0.2, 0) is 26.0 Å². The zero-order valence-corrected chi connectivity index (χ0v) is 13.1. The maximum Gasteiger partial charge on any atom is 0.252 e. The highest BCUT2D eigenvalue weighted by molar-refractivity contribution is 7.92. The third-order valence-electron chi connectivity index (χ3n) is 3.43. The maximum absolute atomic E-state index is 12.1. The maximum atomic E-state index is 12.1. The highest BCUT2D eigenvalue weighted by Gasteiger charge is 2.23. The molecule has 2 rings (SSSR count). The molecule has 0 unspecified atom stereocenters. The smallest absolute Gasteiger partial charge is 0.252 e. The summed E-state index contributed by atoms with van der Waals surface area (Å²) in [5.74, 6) is -0.106. The third kappa shape index (κ3) is 3.74. The number of anilines is 2.